The van der Waals surface area contributed by atoms with Crippen molar-refractivity contribution < 1.29 is 10.2 Å². The van der Waals surface area contributed by atoms with Gasteiger partial charge in [-0.1, -0.05) is 42.0 Å². The summed E-state index contributed by atoms with van der Waals surface area (Å²) in [5.41, 5.74) is 7.65. The molecule has 1 aromatic rings. The Morgan fingerprint density at radius 2 is 1.93 bits per heavy atom. The zero-order valence-electron chi connectivity index (χ0n) is 8.80. The highest BCUT2D eigenvalue weighted by atomic mass is 16.3. The molecule has 0 amide bonds. The number of aliphatic hydroxyl groups is 2. The Bertz CT molecular complexity index is 319. The molecule has 0 saturated heterocycles. The number of hydrogen-bond acceptors (Lipinski definition) is 3. The van der Waals surface area contributed by atoms with E-state index >= 15 is 0 Å². The van der Waals surface area contributed by atoms with Crippen LogP contribution in [0.15, 0.2) is 30.3 Å². The zero-order valence-corrected chi connectivity index (χ0v) is 8.80. The van der Waals surface area contributed by atoms with E-state index in [1.54, 1.807) is 12.2 Å². The molecule has 0 fully saturated rings. The van der Waals surface area contributed by atoms with Crippen LogP contribution in [-0.4, -0.2) is 29.0 Å². The molecule has 0 aliphatic rings. The van der Waals surface area contributed by atoms with Crippen LogP contribution < -0.4 is 5.73 Å². The summed E-state index contributed by atoms with van der Waals surface area (Å²) in [7, 11) is 0. The van der Waals surface area contributed by atoms with E-state index < -0.39 is 12.1 Å². The molecule has 0 aliphatic carbocycles. The summed E-state index contributed by atoms with van der Waals surface area (Å²) >= 11 is 0. The van der Waals surface area contributed by atoms with Crippen molar-refractivity contribution in [3.63, 3.8) is 0 Å². The molecule has 0 aliphatic heterocycles. The monoisotopic (exact) mass is 207 g/mol. The van der Waals surface area contributed by atoms with Crippen molar-refractivity contribution in [1.29, 1.82) is 0 Å². The van der Waals surface area contributed by atoms with Crippen molar-refractivity contribution in [2.24, 2.45) is 5.73 Å². The molecule has 0 aromatic heterocycles. The summed E-state index contributed by atoms with van der Waals surface area (Å²) in [5.74, 6) is 0. The van der Waals surface area contributed by atoms with Crippen molar-refractivity contribution in [3.8, 4) is 0 Å². The lowest BCUT2D eigenvalue weighted by molar-refractivity contribution is 0.145. The van der Waals surface area contributed by atoms with E-state index in [4.69, 9.17) is 10.8 Å². The first-order chi connectivity index (χ1) is 7.13. The van der Waals surface area contributed by atoms with E-state index in [1.165, 1.54) is 5.56 Å². The Morgan fingerprint density at radius 3 is 2.47 bits per heavy atom. The Morgan fingerprint density at radius 1 is 1.33 bits per heavy atom. The van der Waals surface area contributed by atoms with Gasteiger partial charge in [-0.25, -0.2) is 0 Å². The molecule has 1 aromatic carbocycles. The summed E-state index contributed by atoms with van der Waals surface area (Å²) in [5, 5.41) is 18.2. The standard InChI is InChI=1S/C12H17NO2/c1-9-2-4-10(5-3-9)6-7-12(15)11(13)8-14/h2-7,11-12,14-15H,8,13H2,1H3/b7-6+/t11-,12+/m0/s1. The molecule has 2 atom stereocenters. The Kier molecular flexibility index (Phi) is 4.49. The van der Waals surface area contributed by atoms with Crippen molar-refractivity contribution in [2.45, 2.75) is 19.1 Å². The third-order valence-electron chi connectivity index (χ3n) is 2.21. The van der Waals surface area contributed by atoms with Crippen LogP contribution in [0.3, 0.4) is 0 Å². The zero-order chi connectivity index (χ0) is 11.3. The minimum absolute atomic E-state index is 0.223. The fourth-order valence-electron chi connectivity index (χ4n) is 1.14. The minimum atomic E-state index is -0.809. The van der Waals surface area contributed by atoms with E-state index in [-0.39, 0.29) is 6.61 Å². The van der Waals surface area contributed by atoms with Crippen LogP contribution in [0, 0.1) is 6.92 Å². The highest BCUT2D eigenvalue weighted by Crippen LogP contribution is 2.06. The number of nitrogens with two attached hydrogens (primary N) is 1. The molecule has 0 unspecified atom stereocenters. The molecule has 3 nitrogen and oxygen atoms in total. The molecule has 0 saturated carbocycles. The number of aliphatic hydroxyl groups excluding tert-OH is 2. The molecule has 1 rings (SSSR count). The summed E-state index contributed by atoms with van der Waals surface area (Å²) in [6, 6.07) is 7.30. The van der Waals surface area contributed by atoms with Crippen LogP contribution in [0.4, 0.5) is 0 Å². The first-order valence-corrected chi connectivity index (χ1v) is 4.93. The van der Waals surface area contributed by atoms with Crippen LogP contribution in [0.1, 0.15) is 11.1 Å². The molecule has 3 heteroatoms. The Balaban J connectivity index is 2.61. The van der Waals surface area contributed by atoms with Gasteiger partial charge in [0.15, 0.2) is 0 Å². The number of benzene rings is 1. The predicted octanol–water partition coefficient (Wildman–Crippen LogP) is 0.689. The maximum absolute atomic E-state index is 9.46. The van der Waals surface area contributed by atoms with Crippen molar-refractivity contribution >= 4 is 6.08 Å². The van der Waals surface area contributed by atoms with Crippen LogP contribution in [0.25, 0.3) is 6.08 Å². The minimum Gasteiger partial charge on any atom is -0.395 e. The van der Waals surface area contributed by atoms with Gasteiger partial charge >= 0.3 is 0 Å². The molecule has 0 heterocycles. The summed E-state index contributed by atoms with van der Waals surface area (Å²) in [4.78, 5) is 0. The van der Waals surface area contributed by atoms with Crippen LogP contribution in [0.5, 0.6) is 0 Å². The van der Waals surface area contributed by atoms with E-state index in [2.05, 4.69) is 0 Å². The normalized spacial score (nSPS) is 15.5. The molecule has 4 N–H and O–H groups in total. The number of aryl methyl sites for hydroxylation is 1. The average Bonchev–Trinajstić information content (AvgIpc) is 2.26. The second kappa shape index (κ2) is 5.66. The molecule has 0 radical (unpaired) electrons. The Hall–Kier alpha value is -1.16. The lowest BCUT2D eigenvalue weighted by Gasteiger charge is -2.11. The van der Waals surface area contributed by atoms with Crippen molar-refractivity contribution in [2.75, 3.05) is 6.61 Å². The van der Waals surface area contributed by atoms with Gasteiger partial charge in [-0.05, 0) is 12.5 Å². The maximum atomic E-state index is 9.46. The molecular weight excluding hydrogens is 190 g/mol. The van der Waals surface area contributed by atoms with Gasteiger partial charge in [-0.2, -0.15) is 0 Å². The van der Waals surface area contributed by atoms with Gasteiger partial charge in [-0.3, -0.25) is 0 Å². The fourth-order valence-corrected chi connectivity index (χ4v) is 1.14. The van der Waals surface area contributed by atoms with Crippen LogP contribution in [0.2, 0.25) is 0 Å². The molecule has 82 valence electrons. The quantitative estimate of drug-likeness (QED) is 0.680. The molecule has 0 spiro atoms. The lowest BCUT2D eigenvalue weighted by atomic mass is 10.1. The topological polar surface area (TPSA) is 66.5 Å². The first-order valence-electron chi connectivity index (χ1n) is 4.93. The predicted molar refractivity (Wildman–Crippen MR) is 61.3 cm³/mol. The van der Waals surface area contributed by atoms with Crippen molar-refractivity contribution in [1.82, 2.24) is 0 Å². The summed E-state index contributed by atoms with van der Waals surface area (Å²) < 4.78 is 0. The highest BCUT2D eigenvalue weighted by Gasteiger charge is 2.08. The van der Waals surface area contributed by atoms with Crippen LogP contribution >= 0.6 is 0 Å². The second-order valence-corrected chi connectivity index (χ2v) is 3.61. The summed E-state index contributed by atoms with van der Waals surface area (Å²) in [6.07, 6.45) is 2.57. The van der Waals surface area contributed by atoms with Gasteiger partial charge in [0.25, 0.3) is 0 Å². The largest absolute Gasteiger partial charge is 0.395 e. The summed E-state index contributed by atoms with van der Waals surface area (Å²) in [6.45, 7) is 1.80. The molecule has 0 bridgehead atoms. The molecule has 15 heavy (non-hydrogen) atoms. The van der Waals surface area contributed by atoms with Crippen molar-refractivity contribution in [3.05, 3.63) is 41.5 Å². The van der Waals surface area contributed by atoms with Gasteiger partial charge in [0.1, 0.15) is 0 Å². The smallest absolute Gasteiger partial charge is 0.0897 e. The van der Waals surface area contributed by atoms with E-state index in [9.17, 15) is 5.11 Å². The third-order valence-corrected chi connectivity index (χ3v) is 2.21. The first kappa shape index (κ1) is 11.9. The van der Waals surface area contributed by atoms with Gasteiger partial charge in [0.2, 0.25) is 0 Å². The second-order valence-electron chi connectivity index (χ2n) is 3.61. The molecular formula is C12H17NO2. The van der Waals surface area contributed by atoms with E-state index in [0.717, 1.165) is 5.56 Å². The number of hydrogen-bond donors (Lipinski definition) is 3. The van der Waals surface area contributed by atoms with Gasteiger partial charge in [0, 0.05) is 0 Å². The Labute approximate surface area is 89.9 Å². The highest BCUT2D eigenvalue weighted by molar-refractivity contribution is 5.50. The number of rotatable bonds is 4. The van der Waals surface area contributed by atoms with Gasteiger partial charge < -0.3 is 15.9 Å². The third kappa shape index (κ3) is 3.83. The lowest BCUT2D eigenvalue weighted by Crippen LogP contribution is -2.36. The van der Waals surface area contributed by atoms with Gasteiger partial charge in [0.05, 0.1) is 18.8 Å². The average molecular weight is 207 g/mol. The van der Waals surface area contributed by atoms with Gasteiger partial charge in [-0.15, -0.1) is 0 Å². The fraction of sp³-hybridized carbons (Fsp3) is 0.333. The van der Waals surface area contributed by atoms with E-state index in [0.29, 0.717) is 0 Å². The van der Waals surface area contributed by atoms with Crippen LogP contribution in [-0.2, 0) is 0 Å². The SMILES string of the molecule is Cc1ccc(/C=C/[C@@H](O)[C@@H](N)CO)cc1. The van der Waals surface area contributed by atoms with E-state index in [1.807, 2.05) is 31.2 Å². The maximum Gasteiger partial charge on any atom is 0.0897 e.